The molecule has 1 fully saturated rings. The van der Waals surface area contributed by atoms with Crippen LogP contribution >= 0.6 is 0 Å². The number of benzene rings is 1. The van der Waals surface area contributed by atoms with E-state index in [1.54, 1.807) is 0 Å². The average molecular weight is 280 g/mol. The summed E-state index contributed by atoms with van der Waals surface area (Å²) in [7, 11) is 0. The van der Waals surface area contributed by atoms with Crippen molar-refractivity contribution in [2.45, 2.75) is 12.1 Å². The number of ether oxygens (including phenoxy) is 2. The van der Waals surface area contributed by atoms with Crippen LogP contribution < -0.4 is 19.7 Å². The Hall–Kier alpha value is -1.50. The summed E-state index contributed by atoms with van der Waals surface area (Å²) >= 11 is 0. The van der Waals surface area contributed by atoms with Crippen molar-refractivity contribution in [2.24, 2.45) is 0 Å². The highest BCUT2D eigenvalue weighted by Gasteiger charge is 2.33. The highest BCUT2D eigenvalue weighted by Crippen LogP contribution is 2.41. The van der Waals surface area contributed by atoms with Crippen molar-refractivity contribution in [3.05, 3.63) is 18.2 Å². The molecule has 0 saturated carbocycles. The van der Waals surface area contributed by atoms with Crippen molar-refractivity contribution in [2.75, 3.05) is 44.4 Å². The highest BCUT2D eigenvalue weighted by molar-refractivity contribution is 5.66. The molecule has 20 heavy (non-hydrogen) atoms. The topological polar surface area (TPSA) is 74.2 Å². The van der Waals surface area contributed by atoms with Crippen LogP contribution in [0.4, 0.5) is 5.69 Å². The van der Waals surface area contributed by atoms with Crippen LogP contribution in [0.15, 0.2) is 18.2 Å². The molecule has 0 amide bonds. The van der Waals surface area contributed by atoms with Gasteiger partial charge in [-0.2, -0.15) is 0 Å². The van der Waals surface area contributed by atoms with Gasteiger partial charge >= 0.3 is 0 Å². The Labute approximate surface area is 117 Å². The Kier molecular flexibility index (Phi) is 3.95. The van der Waals surface area contributed by atoms with E-state index in [0.29, 0.717) is 32.1 Å². The third-order valence-corrected chi connectivity index (χ3v) is 3.79. The van der Waals surface area contributed by atoms with Crippen LogP contribution in [0.5, 0.6) is 11.5 Å². The van der Waals surface area contributed by atoms with E-state index in [1.807, 2.05) is 23.1 Å². The lowest BCUT2D eigenvalue weighted by Crippen LogP contribution is -2.60. The summed E-state index contributed by atoms with van der Waals surface area (Å²) in [5.41, 5.74) is 0.877. The van der Waals surface area contributed by atoms with Gasteiger partial charge in [0.25, 0.3) is 0 Å². The molecule has 6 heteroatoms. The number of piperazine rings is 1. The maximum Gasteiger partial charge on any atom is 0.184 e. The predicted molar refractivity (Wildman–Crippen MR) is 74.5 cm³/mol. The first-order valence-corrected chi connectivity index (χ1v) is 6.94. The fourth-order valence-corrected chi connectivity index (χ4v) is 2.87. The van der Waals surface area contributed by atoms with Crippen molar-refractivity contribution >= 4 is 5.69 Å². The first kappa shape index (κ1) is 13.5. The van der Waals surface area contributed by atoms with Gasteiger partial charge in [0.1, 0.15) is 13.2 Å². The van der Waals surface area contributed by atoms with Gasteiger partial charge < -0.3 is 29.9 Å². The van der Waals surface area contributed by atoms with Gasteiger partial charge in [-0.3, -0.25) is 0 Å². The number of fused-ring (bicyclic) bond motifs is 1. The Morgan fingerprint density at radius 1 is 1.10 bits per heavy atom. The van der Waals surface area contributed by atoms with Crippen LogP contribution in [-0.2, 0) is 0 Å². The van der Waals surface area contributed by atoms with Gasteiger partial charge in [-0.1, -0.05) is 6.07 Å². The summed E-state index contributed by atoms with van der Waals surface area (Å²) in [6.45, 7) is 2.46. The Morgan fingerprint density at radius 3 is 2.50 bits per heavy atom. The zero-order chi connectivity index (χ0) is 13.9. The van der Waals surface area contributed by atoms with Crippen molar-refractivity contribution in [3.8, 4) is 11.5 Å². The molecule has 0 spiro atoms. The second-order valence-corrected chi connectivity index (χ2v) is 5.04. The lowest BCUT2D eigenvalue weighted by Gasteiger charge is -2.43. The SMILES string of the molecule is OCC1CNCC(CO)N1c1cccc2c1OCCO2. The van der Waals surface area contributed by atoms with E-state index in [9.17, 15) is 10.2 Å². The normalized spacial score (nSPS) is 25.6. The Balaban J connectivity index is 2.00. The summed E-state index contributed by atoms with van der Waals surface area (Å²) in [5.74, 6) is 1.43. The molecule has 2 aliphatic heterocycles. The number of hydrogen-bond acceptors (Lipinski definition) is 6. The maximum absolute atomic E-state index is 9.60. The van der Waals surface area contributed by atoms with Gasteiger partial charge in [0.05, 0.1) is 31.0 Å². The van der Waals surface area contributed by atoms with E-state index < -0.39 is 0 Å². The van der Waals surface area contributed by atoms with Crippen LogP contribution in [0.25, 0.3) is 0 Å². The van der Waals surface area contributed by atoms with Gasteiger partial charge in [-0.25, -0.2) is 0 Å². The maximum atomic E-state index is 9.60. The number of aliphatic hydroxyl groups is 2. The molecule has 0 bridgehead atoms. The lowest BCUT2D eigenvalue weighted by molar-refractivity contribution is 0.167. The summed E-state index contributed by atoms with van der Waals surface area (Å²) in [4.78, 5) is 2.05. The monoisotopic (exact) mass is 280 g/mol. The smallest absolute Gasteiger partial charge is 0.184 e. The number of nitrogens with zero attached hydrogens (tertiary/aromatic N) is 1. The van der Waals surface area contributed by atoms with Gasteiger partial charge in [-0.15, -0.1) is 0 Å². The number of anilines is 1. The van der Waals surface area contributed by atoms with E-state index in [-0.39, 0.29) is 25.3 Å². The molecule has 3 N–H and O–H groups in total. The molecule has 0 aliphatic carbocycles. The minimum absolute atomic E-state index is 0.0218. The Bertz CT molecular complexity index is 456. The average Bonchev–Trinajstić information content (AvgIpc) is 2.53. The molecule has 2 heterocycles. The van der Waals surface area contributed by atoms with Crippen LogP contribution in [0, 0.1) is 0 Å². The first-order valence-electron chi connectivity index (χ1n) is 6.94. The van der Waals surface area contributed by atoms with Crippen molar-refractivity contribution in [3.63, 3.8) is 0 Å². The van der Waals surface area contributed by atoms with E-state index >= 15 is 0 Å². The molecule has 110 valence electrons. The minimum Gasteiger partial charge on any atom is -0.486 e. The molecule has 0 radical (unpaired) electrons. The molecule has 1 saturated heterocycles. The van der Waals surface area contributed by atoms with Crippen molar-refractivity contribution in [1.29, 1.82) is 0 Å². The van der Waals surface area contributed by atoms with E-state index in [1.165, 1.54) is 0 Å². The lowest BCUT2D eigenvalue weighted by atomic mass is 10.1. The summed E-state index contributed by atoms with van der Waals surface area (Å²) in [6, 6.07) is 5.57. The fraction of sp³-hybridized carbons (Fsp3) is 0.571. The highest BCUT2D eigenvalue weighted by atomic mass is 16.6. The number of rotatable bonds is 3. The second kappa shape index (κ2) is 5.87. The van der Waals surface area contributed by atoms with Gasteiger partial charge in [0.15, 0.2) is 11.5 Å². The molecule has 1 aromatic rings. The Morgan fingerprint density at radius 2 is 1.80 bits per heavy atom. The van der Waals surface area contributed by atoms with Crippen LogP contribution in [0.2, 0.25) is 0 Å². The predicted octanol–water partition coefficient (Wildman–Crippen LogP) is -0.411. The molecular weight excluding hydrogens is 260 g/mol. The second-order valence-electron chi connectivity index (χ2n) is 5.04. The summed E-state index contributed by atoms with van der Waals surface area (Å²) < 4.78 is 11.3. The molecule has 2 atom stereocenters. The van der Waals surface area contributed by atoms with Gasteiger partial charge in [0, 0.05) is 13.1 Å². The number of para-hydroxylation sites is 1. The van der Waals surface area contributed by atoms with E-state index in [0.717, 1.165) is 11.4 Å². The van der Waals surface area contributed by atoms with Gasteiger partial charge in [0.2, 0.25) is 0 Å². The molecule has 2 unspecified atom stereocenters. The van der Waals surface area contributed by atoms with Crippen LogP contribution in [0.1, 0.15) is 0 Å². The third-order valence-electron chi connectivity index (χ3n) is 3.79. The molecule has 1 aromatic carbocycles. The zero-order valence-electron chi connectivity index (χ0n) is 11.3. The van der Waals surface area contributed by atoms with Crippen LogP contribution in [0.3, 0.4) is 0 Å². The van der Waals surface area contributed by atoms with E-state index in [4.69, 9.17) is 9.47 Å². The quantitative estimate of drug-likeness (QED) is 0.699. The molecular formula is C14H20N2O4. The zero-order valence-corrected chi connectivity index (χ0v) is 11.3. The van der Waals surface area contributed by atoms with Crippen molar-refractivity contribution in [1.82, 2.24) is 5.32 Å². The van der Waals surface area contributed by atoms with Crippen LogP contribution in [-0.4, -0.2) is 61.8 Å². The minimum atomic E-state index is -0.0853. The number of hydrogen-bond donors (Lipinski definition) is 3. The third kappa shape index (κ3) is 2.30. The molecule has 0 aromatic heterocycles. The largest absolute Gasteiger partial charge is 0.486 e. The molecule has 6 nitrogen and oxygen atoms in total. The number of aliphatic hydroxyl groups excluding tert-OH is 2. The van der Waals surface area contributed by atoms with Crippen molar-refractivity contribution < 1.29 is 19.7 Å². The van der Waals surface area contributed by atoms with E-state index in [2.05, 4.69) is 5.32 Å². The fourth-order valence-electron chi connectivity index (χ4n) is 2.87. The molecule has 3 rings (SSSR count). The van der Waals surface area contributed by atoms with Gasteiger partial charge in [-0.05, 0) is 12.1 Å². The molecule has 2 aliphatic rings. The summed E-state index contributed by atoms with van der Waals surface area (Å²) in [5, 5.41) is 22.4. The first-order chi connectivity index (χ1) is 9.85. The summed E-state index contributed by atoms with van der Waals surface area (Å²) in [6.07, 6.45) is 0. The number of nitrogens with one attached hydrogen (secondary N) is 1. The standard InChI is InChI=1S/C14H20N2O4/c17-8-10-6-15-7-11(9-18)16(10)12-2-1-3-13-14(12)20-5-4-19-13/h1-3,10-11,15,17-18H,4-9H2.